The molecule has 1 fully saturated rings. The van der Waals surface area contributed by atoms with E-state index in [1.165, 1.54) is 6.07 Å². The SMILES string of the molecule is COc1ccc(N2C(=O)C(Cl)C2c2ccc(OCc3cc(=O)oc4ccc(C)cc34)cc2)cc1. The topological polar surface area (TPSA) is 69.0 Å². The minimum Gasteiger partial charge on any atom is -0.497 e. The van der Waals surface area contributed by atoms with Crippen molar-refractivity contribution in [1.82, 2.24) is 0 Å². The Labute approximate surface area is 201 Å². The fourth-order valence-corrected chi connectivity index (χ4v) is 4.55. The van der Waals surface area contributed by atoms with Crippen molar-refractivity contribution in [2.45, 2.75) is 24.9 Å². The number of alkyl halides is 1. The summed E-state index contributed by atoms with van der Waals surface area (Å²) in [6.07, 6.45) is 0. The van der Waals surface area contributed by atoms with Crippen LogP contribution in [-0.4, -0.2) is 18.4 Å². The second-order valence-corrected chi connectivity index (χ2v) is 8.67. The average molecular weight is 476 g/mol. The first-order valence-electron chi connectivity index (χ1n) is 10.8. The third kappa shape index (κ3) is 4.01. The van der Waals surface area contributed by atoms with Crippen molar-refractivity contribution < 1.29 is 18.7 Å². The number of halogens is 1. The number of amides is 1. The van der Waals surface area contributed by atoms with Gasteiger partial charge in [-0.25, -0.2) is 4.79 Å². The molecule has 0 radical (unpaired) electrons. The van der Waals surface area contributed by atoms with E-state index >= 15 is 0 Å². The third-order valence-corrected chi connectivity index (χ3v) is 6.40. The quantitative estimate of drug-likeness (QED) is 0.212. The number of methoxy groups -OCH3 is 1. The number of fused-ring (bicyclic) bond motifs is 1. The molecular formula is C27H22ClNO5. The van der Waals surface area contributed by atoms with Gasteiger partial charge in [-0.05, 0) is 61.0 Å². The lowest BCUT2D eigenvalue weighted by Crippen LogP contribution is -2.56. The van der Waals surface area contributed by atoms with E-state index in [9.17, 15) is 9.59 Å². The molecule has 2 unspecified atom stereocenters. The number of nitrogens with zero attached hydrogens (tertiary/aromatic N) is 1. The van der Waals surface area contributed by atoms with Crippen LogP contribution in [0.1, 0.15) is 22.7 Å². The molecule has 172 valence electrons. The fraction of sp³-hybridized carbons (Fsp3) is 0.185. The van der Waals surface area contributed by atoms with Crippen LogP contribution in [0.5, 0.6) is 11.5 Å². The highest BCUT2D eigenvalue weighted by atomic mass is 35.5. The number of aryl methyl sites for hydroxylation is 1. The molecule has 1 aliphatic rings. The highest BCUT2D eigenvalue weighted by molar-refractivity contribution is 6.37. The fourth-order valence-electron chi connectivity index (χ4n) is 4.19. The molecule has 1 aliphatic heterocycles. The summed E-state index contributed by atoms with van der Waals surface area (Å²) in [5.41, 5.74) is 3.62. The zero-order chi connectivity index (χ0) is 23.8. The Morgan fingerprint density at radius 3 is 2.35 bits per heavy atom. The summed E-state index contributed by atoms with van der Waals surface area (Å²) in [6, 6.07) is 21.6. The Hall–Kier alpha value is -3.77. The van der Waals surface area contributed by atoms with E-state index in [0.29, 0.717) is 11.3 Å². The van der Waals surface area contributed by atoms with E-state index in [0.717, 1.165) is 33.5 Å². The first-order valence-corrected chi connectivity index (χ1v) is 11.3. The van der Waals surface area contributed by atoms with Gasteiger partial charge >= 0.3 is 5.63 Å². The summed E-state index contributed by atoms with van der Waals surface area (Å²) in [6.45, 7) is 2.21. The number of anilines is 1. The molecule has 0 bridgehead atoms. The molecule has 7 heteroatoms. The van der Waals surface area contributed by atoms with E-state index in [1.807, 2.05) is 67.6 Å². The molecular weight excluding hydrogens is 454 g/mol. The van der Waals surface area contributed by atoms with Crippen LogP contribution in [0.3, 0.4) is 0 Å². The van der Waals surface area contributed by atoms with Crippen LogP contribution in [0.4, 0.5) is 5.69 Å². The minimum atomic E-state index is -0.632. The van der Waals surface area contributed by atoms with E-state index in [2.05, 4.69) is 0 Å². The number of β-lactam (4-membered cyclic amide) rings is 1. The number of ether oxygens (including phenoxy) is 2. The molecule has 0 saturated carbocycles. The number of benzene rings is 3. The molecule has 0 aliphatic carbocycles. The molecule has 1 aromatic heterocycles. The highest BCUT2D eigenvalue weighted by Gasteiger charge is 2.47. The Balaban J connectivity index is 1.34. The summed E-state index contributed by atoms with van der Waals surface area (Å²) >= 11 is 6.38. The summed E-state index contributed by atoms with van der Waals surface area (Å²) in [4.78, 5) is 26.1. The first kappa shape index (κ1) is 22.0. The van der Waals surface area contributed by atoms with Gasteiger partial charge in [0.25, 0.3) is 0 Å². The Morgan fingerprint density at radius 2 is 1.65 bits per heavy atom. The van der Waals surface area contributed by atoms with Gasteiger partial charge in [-0.3, -0.25) is 4.79 Å². The van der Waals surface area contributed by atoms with Gasteiger partial charge in [0.1, 0.15) is 29.1 Å². The van der Waals surface area contributed by atoms with Crippen molar-refractivity contribution >= 4 is 34.2 Å². The first-order chi connectivity index (χ1) is 16.4. The number of rotatable bonds is 6. The van der Waals surface area contributed by atoms with Gasteiger partial charge in [-0.1, -0.05) is 23.8 Å². The Morgan fingerprint density at radius 1 is 0.941 bits per heavy atom. The predicted molar refractivity (Wildman–Crippen MR) is 131 cm³/mol. The van der Waals surface area contributed by atoms with Gasteiger partial charge in [-0.15, -0.1) is 11.6 Å². The summed E-state index contributed by atoms with van der Waals surface area (Å²) in [7, 11) is 1.60. The summed E-state index contributed by atoms with van der Waals surface area (Å²) in [5, 5.41) is 0.219. The second kappa shape index (κ2) is 8.88. The number of carbonyl (C=O) groups is 1. The van der Waals surface area contributed by atoms with Crippen LogP contribution in [0.2, 0.25) is 0 Å². The molecule has 4 aromatic rings. The third-order valence-electron chi connectivity index (χ3n) is 5.98. The van der Waals surface area contributed by atoms with Crippen molar-refractivity contribution in [1.29, 1.82) is 0 Å². The van der Waals surface area contributed by atoms with Gasteiger partial charge < -0.3 is 18.8 Å². The van der Waals surface area contributed by atoms with Crippen LogP contribution >= 0.6 is 11.6 Å². The normalized spacial score (nSPS) is 17.5. The van der Waals surface area contributed by atoms with Crippen LogP contribution < -0.4 is 20.0 Å². The standard InChI is InChI=1S/C27H22ClNO5/c1-16-3-12-23-22(13-16)18(14-24(30)34-23)15-33-21-8-4-17(5-9-21)26-25(28)27(31)29(26)19-6-10-20(32-2)11-7-19/h3-14,25-26H,15H2,1-2H3. The number of hydrogen-bond donors (Lipinski definition) is 0. The lowest BCUT2D eigenvalue weighted by Gasteiger charge is -2.44. The molecule has 2 atom stereocenters. The lowest BCUT2D eigenvalue weighted by molar-refractivity contribution is -0.123. The highest BCUT2D eigenvalue weighted by Crippen LogP contribution is 2.42. The van der Waals surface area contributed by atoms with Crippen molar-refractivity contribution in [3.8, 4) is 11.5 Å². The van der Waals surface area contributed by atoms with Gasteiger partial charge in [0.2, 0.25) is 5.91 Å². The predicted octanol–water partition coefficient (Wildman–Crippen LogP) is 5.38. The van der Waals surface area contributed by atoms with E-state index in [-0.39, 0.29) is 18.6 Å². The molecule has 34 heavy (non-hydrogen) atoms. The van der Waals surface area contributed by atoms with Crippen LogP contribution in [0.25, 0.3) is 11.0 Å². The molecule has 5 rings (SSSR count). The van der Waals surface area contributed by atoms with E-state index in [4.69, 9.17) is 25.5 Å². The van der Waals surface area contributed by atoms with Crippen molar-refractivity contribution in [3.05, 3.63) is 99.9 Å². The molecule has 1 amide bonds. The minimum absolute atomic E-state index is 0.137. The smallest absolute Gasteiger partial charge is 0.336 e. The molecule has 0 N–H and O–H groups in total. The van der Waals surface area contributed by atoms with Crippen LogP contribution in [-0.2, 0) is 11.4 Å². The van der Waals surface area contributed by atoms with Crippen LogP contribution in [0.15, 0.2) is 82.0 Å². The van der Waals surface area contributed by atoms with Gasteiger partial charge in [0, 0.05) is 22.7 Å². The zero-order valence-corrected chi connectivity index (χ0v) is 19.4. The zero-order valence-electron chi connectivity index (χ0n) is 18.7. The lowest BCUT2D eigenvalue weighted by atomic mass is 9.92. The van der Waals surface area contributed by atoms with Crippen molar-refractivity contribution in [2.75, 3.05) is 12.0 Å². The molecule has 2 heterocycles. The Bertz CT molecular complexity index is 1410. The maximum atomic E-state index is 12.5. The van der Waals surface area contributed by atoms with Gasteiger partial charge in [-0.2, -0.15) is 0 Å². The van der Waals surface area contributed by atoms with Crippen molar-refractivity contribution in [2.24, 2.45) is 0 Å². The largest absolute Gasteiger partial charge is 0.497 e. The van der Waals surface area contributed by atoms with Gasteiger partial charge in [0.05, 0.1) is 13.2 Å². The second-order valence-electron chi connectivity index (χ2n) is 8.20. The van der Waals surface area contributed by atoms with E-state index < -0.39 is 11.0 Å². The number of carbonyl (C=O) groups excluding carboxylic acids is 1. The molecule has 3 aromatic carbocycles. The summed E-state index contributed by atoms with van der Waals surface area (Å²) in [5.74, 6) is 1.23. The summed E-state index contributed by atoms with van der Waals surface area (Å²) < 4.78 is 16.4. The number of hydrogen-bond acceptors (Lipinski definition) is 5. The van der Waals surface area contributed by atoms with E-state index in [1.54, 1.807) is 18.1 Å². The molecule has 6 nitrogen and oxygen atoms in total. The molecule has 1 saturated heterocycles. The monoisotopic (exact) mass is 475 g/mol. The average Bonchev–Trinajstić information content (AvgIpc) is 2.86. The molecule has 0 spiro atoms. The van der Waals surface area contributed by atoms with Crippen molar-refractivity contribution in [3.63, 3.8) is 0 Å². The van der Waals surface area contributed by atoms with Gasteiger partial charge in [0.15, 0.2) is 0 Å². The Kier molecular flexibility index (Phi) is 5.75. The maximum absolute atomic E-state index is 12.5. The van der Waals surface area contributed by atoms with Crippen LogP contribution in [0, 0.1) is 6.92 Å². The maximum Gasteiger partial charge on any atom is 0.336 e.